The number of imidazole rings is 2. The number of fused-ring (bicyclic) bond motifs is 2. The molecule has 6 heterocycles. The van der Waals surface area contributed by atoms with E-state index >= 15 is 0 Å². The monoisotopic (exact) mass is 737 g/mol. The van der Waals surface area contributed by atoms with Crippen LogP contribution in [0.2, 0.25) is 0 Å². The van der Waals surface area contributed by atoms with E-state index < -0.39 is 48.7 Å². The number of halogens is 6. The van der Waals surface area contributed by atoms with Gasteiger partial charge in [0.2, 0.25) is 0 Å². The number of likely N-dealkylation sites (N-methyl/N-ethyl adjacent to an activating group) is 1. The van der Waals surface area contributed by atoms with Crippen molar-refractivity contribution in [1.29, 1.82) is 0 Å². The second-order valence-electron chi connectivity index (χ2n) is 11.2. The Morgan fingerprint density at radius 3 is 1.58 bits per heavy atom. The third-order valence-corrected chi connectivity index (χ3v) is 6.87. The number of aromatic amines is 2. The van der Waals surface area contributed by atoms with Gasteiger partial charge in [0, 0.05) is 44.4 Å². The van der Waals surface area contributed by atoms with Crippen LogP contribution < -0.4 is 20.6 Å². The van der Waals surface area contributed by atoms with Crippen molar-refractivity contribution in [3.63, 3.8) is 0 Å². The van der Waals surface area contributed by atoms with Crippen LogP contribution in [-0.2, 0) is 13.1 Å². The van der Waals surface area contributed by atoms with E-state index in [1.165, 1.54) is 30.9 Å². The number of aliphatic hydroxyl groups excluding tert-OH is 1. The summed E-state index contributed by atoms with van der Waals surface area (Å²) >= 11 is 0. The van der Waals surface area contributed by atoms with Gasteiger partial charge in [-0.25, -0.2) is 9.97 Å². The van der Waals surface area contributed by atoms with Crippen molar-refractivity contribution in [3.05, 3.63) is 70.3 Å². The molecule has 0 amide bonds. The summed E-state index contributed by atoms with van der Waals surface area (Å²) in [4.78, 5) is 55.2. The summed E-state index contributed by atoms with van der Waals surface area (Å²) in [5.74, 6) is 0. The molecule has 0 atom stereocenters. The highest BCUT2D eigenvalue weighted by molar-refractivity contribution is 5.90. The van der Waals surface area contributed by atoms with E-state index in [-0.39, 0.29) is 34.1 Å². The third-order valence-electron chi connectivity index (χ3n) is 6.87. The van der Waals surface area contributed by atoms with E-state index in [9.17, 15) is 35.9 Å². The Labute approximate surface area is 287 Å². The lowest BCUT2D eigenvalue weighted by Crippen LogP contribution is -2.21. The number of alkyl halides is 6. The molecule has 0 spiro atoms. The number of hydrogen-bond acceptors (Lipinski definition) is 12. The normalized spacial score (nSPS) is 12.0. The van der Waals surface area contributed by atoms with E-state index in [0.717, 1.165) is 6.54 Å². The maximum absolute atomic E-state index is 12.4. The fourth-order valence-corrected chi connectivity index (χ4v) is 4.54. The highest BCUT2D eigenvalue weighted by Crippen LogP contribution is 2.25. The number of ether oxygens (including phenoxy) is 2. The molecule has 0 saturated heterocycles. The zero-order valence-corrected chi connectivity index (χ0v) is 27.2. The molecule has 22 heteroatoms. The fourth-order valence-electron chi connectivity index (χ4n) is 4.54. The van der Waals surface area contributed by atoms with Crippen LogP contribution in [0.1, 0.15) is 0 Å². The van der Waals surface area contributed by atoms with Crippen LogP contribution in [0.15, 0.2) is 59.2 Å². The zero-order valence-electron chi connectivity index (χ0n) is 27.2. The lowest BCUT2D eigenvalue weighted by Gasteiger charge is -2.09. The van der Waals surface area contributed by atoms with E-state index in [2.05, 4.69) is 49.3 Å². The molecule has 52 heavy (non-hydrogen) atoms. The summed E-state index contributed by atoms with van der Waals surface area (Å²) in [6, 6.07) is 1.74. The summed E-state index contributed by atoms with van der Waals surface area (Å²) in [5.41, 5.74) is 0.247. The maximum atomic E-state index is 12.4. The lowest BCUT2D eigenvalue weighted by molar-refractivity contribution is -0.155. The zero-order chi connectivity index (χ0) is 37.6. The molecule has 0 bridgehead atoms. The molecule has 6 aromatic heterocycles. The molecule has 0 unspecified atom stereocenters. The topological polar surface area (TPSA) is 195 Å². The SMILES string of the molecule is CN(C)CCn1cnc(-c2nccc3c(=O)[nH]c(OCC(F)(F)F)nc23)c1.O=c1[nH]c(OCC(F)(F)F)nc2c(-c3cn(CCO)cn3)nccc12. The van der Waals surface area contributed by atoms with Crippen molar-refractivity contribution in [3.8, 4) is 34.8 Å². The number of H-pyrrole nitrogens is 2. The smallest absolute Gasteiger partial charge is 0.422 e. The van der Waals surface area contributed by atoms with Gasteiger partial charge in [-0.2, -0.15) is 36.3 Å². The highest BCUT2D eigenvalue weighted by atomic mass is 19.4. The van der Waals surface area contributed by atoms with Crippen LogP contribution in [0.5, 0.6) is 12.0 Å². The molecule has 6 rings (SSSR count). The van der Waals surface area contributed by atoms with Gasteiger partial charge >= 0.3 is 12.4 Å². The van der Waals surface area contributed by atoms with Gasteiger partial charge in [0.05, 0.1) is 30.0 Å². The molecular formula is C30H29F6N11O5. The number of aromatic nitrogens is 10. The Bertz CT molecular complexity index is 2260. The Kier molecular flexibility index (Phi) is 11.2. The number of rotatable bonds is 11. The third kappa shape index (κ3) is 9.66. The van der Waals surface area contributed by atoms with E-state index in [1.54, 1.807) is 23.3 Å². The molecule has 0 fully saturated rings. The van der Waals surface area contributed by atoms with Crippen molar-refractivity contribution >= 4 is 21.8 Å². The van der Waals surface area contributed by atoms with Crippen molar-refractivity contribution in [2.75, 3.05) is 40.5 Å². The minimum absolute atomic E-state index is 0.0673. The Hall–Kier alpha value is -5.90. The summed E-state index contributed by atoms with van der Waals surface area (Å²) in [6.45, 7) is -1.43. The van der Waals surface area contributed by atoms with Crippen molar-refractivity contribution in [2.24, 2.45) is 0 Å². The molecule has 6 aromatic rings. The largest absolute Gasteiger partial charge is 0.455 e. The summed E-state index contributed by atoms with van der Waals surface area (Å²) < 4.78 is 86.5. The minimum atomic E-state index is -4.56. The van der Waals surface area contributed by atoms with Crippen LogP contribution >= 0.6 is 0 Å². The van der Waals surface area contributed by atoms with E-state index in [1.807, 2.05) is 23.6 Å². The average molecular weight is 738 g/mol. The van der Waals surface area contributed by atoms with E-state index in [0.29, 0.717) is 30.2 Å². The van der Waals surface area contributed by atoms with Gasteiger partial charge in [0.15, 0.2) is 13.2 Å². The molecule has 0 radical (unpaired) electrons. The number of hydrogen-bond donors (Lipinski definition) is 3. The van der Waals surface area contributed by atoms with Crippen molar-refractivity contribution in [1.82, 2.24) is 53.9 Å². The van der Waals surface area contributed by atoms with Crippen molar-refractivity contribution < 1.29 is 40.9 Å². The number of pyridine rings is 2. The van der Waals surface area contributed by atoms with E-state index in [4.69, 9.17) is 5.11 Å². The molecular weight excluding hydrogens is 708 g/mol. The molecule has 0 aliphatic rings. The first-order chi connectivity index (χ1) is 24.6. The average Bonchev–Trinajstić information content (AvgIpc) is 3.75. The summed E-state index contributed by atoms with van der Waals surface area (Å²) in [7, 11) is 3.89. The first-order valence-corrected chi connectivity index (χ1v) is 15.1. The van der Waals surface area contributed by atoms with Gasteiger partial charge in [-0.1, -0.05) is 0 Å². The second kappa shape index (κ2) is 15.6. The second-order valence-corrected chi connectivity index (χ2v) is 11.2. The predicted molar refractivity (Wildman–Crippen MR) is 171 cm³/mol. The number of nitrogens with zero attached hydrogens (tertiary/aromatic N) is 9. The van der Waals surface area contributed by atoms with Gasteiger partial charge < -0.3 is 28.6 Å². The Morgan fingerprint density at radius 2 is 1.17 bits per heavy atom. The first-order valence-electron chi connectivity index (χ1n) is 15.1. The molecule has 3 N–H and O–H groups in total. The molecule has 0 aliphatic heterocycles. The minimum Gasteiger partial charge on any atom is -0.455 e. The van der Waals surface area contributed by atoms with Gasteiger partial charge in [-0.05, 0) is 26.2 Å². The Balaban J connectivity index is 0.000000202. The van der Waals surface area contributed by atoms with Crippen LogP contribution in [0, 0.1) is 0 Å². The predicted octanol–water partition coefficient (Wildman–Crippen LogP) is 2.80. The van der Waals surface area contributed by atoms with Crippen LogP contribution in [-0.4, -0.2) is 112 Å². The van der Waals surface area contributed by atoms with Gasteiger partial charge in [0.1, 0.15) is 33.8 Å². The summed E-state index contributed by atoms with van der Waals surface area (Å²) in [6.07, 6.45) is 0.0832. The van der Waals surface area contributed by atoms with Crippen LogP contribution in [0.3, 0.4) is 0 Å². The maximum Gasteiger partial charge on any atom is 0.422 e. The molecule has 0 aromatic carbocycles. The van der Waals surface area contributed by atoms with Gasteiger partial charge in [0.25, 0.3) is 23.1 Å². The molecule has 0 saturated carbocycles. The van der Waals surface area contributed by atoms with Gasteiger partial charge in [-0.15, -0.1) is 0 Å². The van der Waals surface area contributed by atoms with Gasteiger partial charge in [-0.3, -0.25) is 29.5 Å². The quantitative estimate of drug-likeness (QED) is 0.165. The van der Waals surface area contributed by atoms with Crippen LogP contribution in [0.4, 0.5) is 26.3 Å². The Morgan fingerprint density at radius 1 is 0.731 bits per heavy atom. The first kappa shape index (κ1) is 37.4. The standard InChI is InChI=1S/C16H17F3N6O2.C14H12F3N5O3/c1-24(2)5-6-25-7-11(21-9-25)13-12-10(3-4-20-13)14(26)23-15(22-12)27-8-16(17,18)19;15-14(16,17)6-25-13-20-10-8(12(24)21-13)1-2-18-11(10)9-5-22(3-4-23)7-19-9/h3-4,7,9H,5-6,8H2,1-2H3,(H,22,23,26);1-2,5,7,23H,3-4,6H2,(H,20,21,24). The lowest BCUT2D eigenvalue weighted by atomic mass is 10.2. The number of nitrogens with one attached hydrogen (secondary N) is 2. The number of aliphatic hydroxyl groups is 1. The fraction of sp³-hybridized carbons (Fsp3) is 0.333. The van der Waals surface area contributed by atoms with Crippen LogP contribution in [0.25, 0.3) is 44.6 Å². The molecule has 16 nitrogen and oxygen atoms in total. The molecule has 276 valence electrons. The molecule has 0 aliphatic carbocycles. The van der Waals surface area contributed by atoms with Crippen molar-refractivity contribution in [2.45, 2.75) is 25.4 Å². The summed E-state index contributed by atoms with van der Waals surface area (Å²) in [5, 5.41) is 9.26. The highest BCUT2D eigenvalue weighted by Gasteiger charge is 2.30.